The third-order valence-corrected chi connectivity index (χ3v) is 6.47. The van der Waals surface area contributed by atoms with E-state index in [4.69, 9.17) is 5.26 Å². The summed E-state index contributed by atoms with van der Waals surface area (Å²) in [5, 5.41) is 24.9. The lowest BCUT2D eigenvalue weighted by molar-refractivity contribution is -0.119. The second-order valence-electron chi connectivity index (χ2n) is 10.1. The fourth-order valence-electron chi connectivity index (χ4n) is 4.60. The van der Waals surface area contributed by atoms with Crippen molar-refractivity contribution >= 4 is 40.3 Å². The highest BCUT2D eigenvalue weighted by atomic mass is 16.3. The minimum Gasteiger partial charge on any atom is -0.389 e. The average molecular weight is 489 g/mol. The van der Waals surface area contributed by atoms with Gasteiger partial charge in [0.05, 0.1) is 34.8 Å². The van der Waals surface area contributed by atoms with Gasteiger partial charge in [-0.15, -0.1) is 0 Å². The number of nitrogens with one attached hydrogen (secondary N) is 2. The number of nitrogens with zero attached hydrogens (tertiary/aromatic N) is 4. The fourth-order valence-corrected chi connectivity index (χ4v) is 4.60. The molecular formula is C27H32N6O3. The molecule has 9 nitrogen and oxygen atoms in total. The van der Waals surface area contributed by atoms with Gasteiger partial charge >= 0.3 is 6.03 Å². The van der Waals surface area contributed by atoms with Crippen molar-refractivity contribution in [1.82, 2.24) is 9.55 Å². The molecule has 0 radical (unpaired) electrons. The molecule has 0 atom stereocenters. The Bertz CT molecular complexity index is 1290. The molecule has 0 saturated heterocycles. The topological polar surface area (TPSA) is 123 Å². The number of benzene rings is 2. The number of urea groups is 1. The minimum atomic E-state index is -1.06. The standard InChI is InChI=1S/C27H32N6O3/c1-27(2,36)17-33-23-13-12-21(32(3)24(34)14-18-6-4-5-7-18)15-22(23)30-25(33)31-26(35)29-20-10-8-19(16-28)9-11-20/h8-13,15,18,36H,4-7,14,17H2,1-3H3,(H2,29,30,31,35). The Morgan fingerprint density at radius 1 is 1.17 bits per heavy atom. The Balaban J connectivity index is 1.57. The van der Waals surface area contributed by atoms with Crippen LogP contribution in [0.25, 0.3) is 11.0 Å². The molecule has 1 saturated carbocycles. The lowest BCUT2D eigenvalue weighted by Gasteiger charge is -2.21. The van der Waals surface area contributed by atoms with Gasteiger partial charge in [-0.3, -0.25) is 10.1 Å². The first kappa shape index (κ1) is 25.2. The molecule has 0 aliphatic heterocycles. The summed E-state index contributed by atoms with van der Waals surface area (Å²) in [6.07, 6.45) is 5.16. The van der Waals surface area contributed by atoms with Gasteiger partial charge in [0, 0.05) is 24.8 Å². The van der Waals surface area contributed by atoms with Crippen molar-refractivity contribution in [2.75, 3.05) is 22.6 Å². The number of hydrogen-bond acceptors (Lipinski definition) is 5. The Kier molecular flexibility index (Phi) is 7.27. The first-order valence-electron chi connectivity index (χ1n) is 12.2. The number of aromatic nitrogens is 2. The second kappa shape index (κ2) is 10.4. The zero-order chi connectivity index (χ0) is 25.9. The maximum atomic E-state index is 12.8. The molecule has 36 heavy (non-hydrogen) atoms. The molecule has 0 bridgehead atoms. The van der Waals surface area contributed by atoms with Gasteiger partial charge in [0.25, 0.3) is 0 Å². The monoisotopic (exact) mass is 488 g/mol. The smallest absolute Gasteiger partial charge is 0.326 e. The van der Waals surface area contributed by atoms with E-state index in [0.29, 0.717) is 29.1 Å². The van der Waals surface area contributed by atoms with Crippen LogP contribution in [0.5, 0.6) is 0 Å². The summed E-state index contributed by atoms with van der Waals surface area (Å²) in [4.78, 5) is 31.8. The molecule has 9 heteroatoms. The van der Waals surface area contributed by atoms with E-state index in [1.165, 1.54) is 12.8 Å². The number of aliphatic hydroxyl groups is 1. The lowest BCUT2D eigenvalue weighted by atomic mass is 10.0. The average Bonchev–Trinajstić information content (AvgIpc) is 3.45. The van der Waals surface area contributed by atoms with Crippen LogP contribution in [0, 0.1) is 17.2 Å². The molecule has 3 amide bonds. The molecule has 0 unspecified atom stereocenters. The van der Waals surface area contributed by atoms with Gasteiger partial charge in [0.2, 0.25) is 11.9 Å². The van der Waals surface area contributed by atoms with E-state index >= 15 is 0 Å². The summed E-state index contributed by atoms with van der Waals surface area (Å²) in [6, 6.07) is 13.6. The minimum absolute atomic E-state index is 0.0808. The SMILES string of the molecule is CN(C(=O)CC1CCCC1)c1ccc2c(c1)nc(NC(=O)Nc1ccc(C#N)cc1)n2CC(C)(C)O. The lowest BCUT2D eigenvalue weighted by Crippen LogP contribution is -2.29. The van der Waals surface area contributed by atoms with Crippen molar-refractivity contribution in [3.05, 3.63) is 48.0 Å². The Labute approximate surface area is 210 Å². The van der Waals surface area contributed by atoms with Crippen LogP contribution in [0.2, 0.25) is 0 Å². The largest absolute Gasteiger partial charge is 0.389 e. The highest BCUT2D eigenvalue weighted by molar-refractivity contribution is 6.00. The van der Waals surface area contributed by atoms with E-state index in [2.05, 4.69) is 15.6 Å². The van der Waals surface area contributed by atoms with Crippen LogP contribution in [-0.2, 0) is 11.3 Å². The molecular weight excluding hydrogens is 456 g/mol. The molecule has 2 aromatic carbocycles. The zero-order valence-electron chi connectivity index (χ0n) is 20.9. The van der Waals surface area contributed by atoms with E-state index in [0.717, 1.165) is 24.0 Å². The van der Waals surface area contributed by atoms with E-state index in [9.17, 15) is 14.7 Å². The molecule has 0 spiro atoms. The van der Waals surface area contributed by atoms with Gasteiger partial charge in [0.15, 0.2) is 0 Å². The number of amides is 3. The van der Waals surface area contributed by atoms with Crippen LogP contribution in [0.1, 0.15) is 51.5 Å². The van der Waals surface area contributed by atoms with Gasteiger partial charge < -0.3 is 19.9 Å². The normalized spacial score (nSPS) is 14.0. The zero-order valence-corrected chi connectivity index (χ0v) is 20.9. The van der Waals surface area contributed by atoms with Crippen LogP contribution in [-0.4, -0.2) is 39.2 Å². The van der Waals surface area contributed by atoms with Crippen molar-refractivity contribution in [2.24, 2.45) is 5.92 Å². The number of anilines is 3. The summed E-state index contributed by atoms with van der Waals surface area (Å²) in [5.41, 5.74) is 2.03. The molecule has 3 N–H and O–H groups in total. The quantitative estimate of drug-likeness (QED) is 0.438. The number of carbonyl (C=O) groups is 2. The van der Waals surface area contributed by atoms with Crippen molar-refractivity contribution in [3.8, 4) is 6.07 Å². The number of hydrogen-bond donors (Lipinski definition) is 3. The molecule has 1 fully saturated rings. The van der Waals surface area contributed by atoms with Crippen LogP contribution >= 0.6 is 0 Å². The first-order valence-corrected chi connectivity index (χ1v) is 12.2. The Morgan fingerprint density at radius 2 is 1.86 bits per heavy atom. The molecule has 1 aliphatic rings. The van der Waals surface area contributed by atoms with E-state index < -0.39 is 11.6 Å². The van der Waals surface area contributed by atoms with Crippen LogP contribution < -0.4 is 15.5 Å². The van der Waals surface area contributed by atoms with E-state index in [-0.39, 0.29) is 18.4 Å². The van der Waals surface area contributed by atoms with Gasteiger partial charge in [-0.05, 0) is 75.1 Å². The third kappa shape index (κ3) is 6.01. The summed E-state index contributed by atoms with van der Waals surface area (Å²) in [5.74, 6) is 0.813. The molecule has 1 heterocycles. The number of rotatable bonds is 7. The van der Waals surface area contributed by atoms with E-state index in [1.807, 2.05) is 24.3 Å². The third-order valence-electron chi connectivity index (χ3n) is 6.47. The number of carbonyl (C=O) groups excluding carboxylic acids is 2. The van der Waals surface area contributed by atoms with Gasteiger partial charge in [0.1, 0.15) is 0 Å². The summed E-state index contributed by atoms with van der Waals surface area (Å²) in [6.45, 7) is 3.57. The summed E-state index contributed by atoms with van der Waals surface area (Å²) >= 11 is 0. The first-order chi connectivity index (χ1) is 17.1. The predicted molar refractivity (Wildman–Crippen MR) is 140 cm³/mol. The molecule has 4 rings (SSSR count). The van der Waals surface area contributed by atoms with Gasteiger partial charge in [-0.25, -0.2) is 9.78 Å². The summed E-state index contributed by atoms with van der Waals surface area (Å²) in [7, 11) is 1.77. The Hall–Kier alpha value is -3.90. The summed E-state index contributed by atoms with van der Waals surface area (Å²) < 4.78 is 1.75. The van der Waals surface area contributed by atoms with Gasteiger partial charge in [-0.1, -0.05) is 12.8 Å². The van der Waals surface area contributed by atoms with Crippen molar-refractivity contribution < 1.29 is 14.7 Å². The molecule has 188 valence electrons. The maximum absolute atomic E-state index is 12.8. The second-order valence-corrected chi connectivity index (χ2v) is 10.1. The van der Waals surface area contributed by atoms with Gasteiger partial charge in [-0.2, -0.15) is 5.26 Å². The van der Waals surface area contributed by atoms with Crippen molar-refractivity contribution in [3.63, 3.8) is 0 Å². The fraction of sp³-hybridized carbons (Fsp3) is 0.407. The van der Waals surface area contributed by atoms with Crippen molar-refractivity contribution in [1.29, 1.82) is 5.26 Å². The highest BCUT2D eigenvalue weighted by Gasteiger charge is 2.23. The van der Waals surface area contributed by atoms with Crippen LogP contribution in [0.3, 0.4) is 0 Å². The maximum Gasteiger partial charge on any atom is 0.326 e. The number of imidazole rings is 1. The van der Waals surface area contributed by atoms with Crippen molar-refractivity contribution in [2.45, 2.75) is 58.1 Å². The highest BCUT2D eigenvalue weighted by Crippen LogP contribution is 2.30. The predicted octanol–water partition coefficient (Wildman–Crippen LogP) is 4.87. The number of fused-ring (bicyclic) bond motifs is 1. The number of nitriles is 1. The van der Waals surface area contributed by atoms with E-state index in [1.54, 1.807) is 54.6 Å². The van der Waals surface area contributed by atoms with Crippen LogP contribution in [0.15, 0.2) is 42.5 Å². The molecule has 1 aliphatic carbocycles. The molecule has 1 aromatic heterocycles. The Morgan fingerprint density at radius 3 is 2.50 bits per heavy atom. The van der Waals surface area contributed by atoms with Crippen LogP contribution in [0.4, 0.5) is 22.1 Å². The molecule has 3 aromatic rings.